The highest BCUT2D eigenvalue weighted by atomic mass is 16.5. The molecule has 2 aromatic heterocycles. The van der Waals surface area contributed by atoms with Gasteiger partial charge < -0.3 is 20.2 Å². The molecule has 0 spiro atoms. The number of fused-ring (bicyclic) bond motifs is 1. The number of nitrogens with two attached hydrogens (primary N) is 1. The Morgan fingerprint density at radius 2 is 2.17 bits per heavy atom. The fourth-order valence-corrected chi connectivity index (χ4v) is 2.03. The minimum absolute atomic E-state index is 0.205. The van der Waals surface area contributed by atoms with Crippen molar-refractivity contribution >= 4 is 5.52 Å². The molecule has 3 N–H and O–H groups in total. The van der Waals surface area contributed by atoms with E-state index in [2.05, 4.69) is 28.0 Å². The van der Waals surface area contributed by atoms with Crippen molar-refractivity contribution in [2.75, 3.05) is 20.2 Å². The normalized spacial score (nSPS) is 12.8. The summed E-state index contributed by atoms with van der Waals surface area (Å²) in [4.78, 5) is 0. The first kappa shape index (κ1) is 12.9. The Bertz CT molecular complexity index is 505. The number of aromatic nitrogens is 1. The number of ether oxygens (including phenoxy) is 1. The lowest BCUT2D eigenvalue weighted by Crippen LogP contribution is -2.32. The smallest absolute Gasteiger partial charge is 0.122 e. The number of nitrogens with zero attached hydrogens (tertiary/aromatic N) is 1. The lowest BCUT2D eigenvalue weighted by Gasteiger charge is -2.07. The average molecular weight is 247 g/mol. The van der Waals surface area contributed by atoms with Gasteiger partial charge in [-0.1, -0.05) is 0 Å². The molecule has 98 valence electrons. The highest BCUT2D eigenvalue weighted by Crippen LogP contribution is 2.19. The van der Waals surface area contributed by atoms with Gasteiger partial charge in [0.1, 0.15) is 5.75 Å². The van der Waals surface area contributed by atoms with E-state index < -0.39 is 0 Å². The van der Waals surface area contributed by atoms with E-state index in [0.717, 1.165) is 25.3 Å². The van der Waals surface area contributed by atoms with Crippen molar-refractivity contribution in [3.8, 4) is 5.75 Å². The number of hydrogen-bond donors (Lipinski definition) is 2. The minimum Gasteiger partial charge on any atom is -0.497 e. The maximum atomic E-state index is 5.70. The summed E-state index contributed by atoms with van der Waals surface area (Å²) in [7, 11) is 1.69. The van der Waals surface area contributed by atoms with Crippen LogP contribution in [0.2, 0.25) is 0 Å². The fraction of sp³-hybridized carbons (Fsp3) is 0.429. The molecule has 0 unspecified atom stereocenters. The molecule has 2 rings (SSSR count). The van der Waals surface area contributed by atoms with Crippen LogP contribution in [0.25, 0.3) is 5.52 Å². The lowest BCUT2D eigenvalue weighted by molar-refractivity contribution is 0.414. The van der Waals surface area contributed by atoms with Crippen molar-refractivity contribution in [1.82, 2.24) is 9.72 Å². The van der Waals surface area contributed by atoms with Crippen LogP contribution >= 0.6 is 0 Å². The topological polar surface area (TPSA) is 51.7 Å². The number of rotatable bonds is 6. The van der Waals surface area contributed by atoms with Gasteiger partial charge in [-0.25, -0.2) is 0 Å². The first-order valence-electron chi connectivity index (χ1n) is 6.30. The lowest BCUT2D eigenvalue weighted by atomic mass is 10.2. The second kappa shape index (κ2) is 5.89. The second-order valence-corrected chi connectivity index (χ2v) is 4.63. The van der Waals surface area contributed by atoms with Gasteiger partial charge in [0.25, 0.3) is 0 Å². The molecular weight excluding hydrogens is 226 g/mol. The van der Waals surface area contributed by atoms with Crippen LogP contribution in [0.4, 0.5) is 0 Å². The summed E-state index contributed by atoms with van der Waals surface area (Å²) in [6.07, 6.45) is 5.10. The van der Waals surface area contributed by atoms with Gasteiger partial charge in [0.2, 0.25) is 0 Å². The van der Waals surface area contributed by atoms with E-state index in [1.165, 1.54) is 11.1 Å². The van der Waals surface area contributed by atoms with Gasteiger partial charge in [-0.05, 0) is 37.6 Å². The Balaban J connectivity index is 2.04. The third-order valence-corrected chi connectivity index (χ3v) is 3.00. The number of methoxy groups -OCH3 is 1. The molecule has 18 heavy (non-hydrogen) atoms. The van der Waals surface area contributed by atoms with Crippen molar-refractivity contribution in [2.24, 2.45) is 5.73 Å². The molecule has 0 fully saturated rings. The third-order valence-electron chi connectivity index (χ3n) is 3.00. The molecule has 0 aliphatic heterocycles. The SMILES string of the molecule is COc1ccn2ccc(CCNC[C@H](C)N)c2c1. The molecule has 0 aliphatic rings. The van der Waals surface area contributed by atoms with Crippen LogP contribution in [-0.4, -0.2) is 30.6 Å². The van der Waals surface area contributed by atoms with Gasteiger partial charge in [0, 0.05) is 31.0 Å². The van der Waals surface area contributed by atoms with Crippen LogP contribution in [0.3, 0.4) is 0 Å². The predicted molar refractivity (Wildman–Crippen MR) is 74.2 cm³/mol. The predicted octanol–water partition coefficient (Wildman–Crippen LogP) is 1.43. The third kappa shape index (κ3) is 3.03. The Hall–Kier alpha value is -1.52. The monoisotopic (exact) mass is 247 g/mol. The molecule has 0 aromatic carbocycles. The quantitative estimate of drug-likeness (QED) is 0.759. The maximum Gasteiger partial charge on any atom is 0.122 e. The molecule has 2 heterocycles. The zero-order valence-corrected chi connectivity index (χ0v) is 11.0. The zero-order chi connectivity index (χ0) is 13.0. The van der Waals surface area contributed by atoms with Crippen LogP contribution in [0, 0.1) is 0 Å². The van der Waals surface area contributed by atoms with E-state index in [1.807, 2.05) is 19.2 Å². The molecule has 0 amide bonds. The van der Waals surface area contributed by atoms with Crippen LogP contribution < -0.4 is 15.8 Å². The molecule has 1 atom stereocenters. The number of hydrogen-bond acceptors (Lipinski definition) is 3. The molecule has 0 saturated heterocycles. The largest absolute Gasteiger partial charge is 0.497 e. The van der Waals surface area contributed by atoms with Crippen molar-refractivity contribution in [3.63, 3.8) is 0 Å². The molecule has 4 heteroatoms. The first-order chi connectivity index (χ1) is 8.70. The van der Waals surface area contributed by atoms with Gasteiger partial charge in [-0.15, -0.1) is 0 Å². The summed E-state index contributed by atoms with van der Waals surface area (Å²) in [5, 5.41) is 3.35. The van der Waals surface area contributed by atoms with Gasteiger partial charge in [0.05, 0.1) is 12.6 Å². The van der Waals surface area contributed by atoms with Crippen LogP contribution in [0.15, 0.2) is 30.6 Å². The summed E-state index contributed by atoms with van der Waals surface area (Å²) < 4.78 is 7.37. The summed E-state index contributed by atoms with van der Waals surface area (Å²) in [6.45, 7) is 3.80. The molecule has 0 aliphatic carbocycles. The van der Waals surface area contributed by atoms with E-state index >= 15 is 0 Å². The van der Waals surface area contributed by atoms with E-state index in [1.54, 1.807) is 7.11 Å². The number of pyridine rings is 1. The molecule has 0 saturated carbocycles. The van der Waals surface area contributed by atoms with Crippen LogP contribution in [0.5, 0.6) is 5.75 Å². The fourth-order valence-electron chi connectivity index (χ4n) is 2.03. The Kier molecular flexibility index (Phi) is 4.23. The Morgan fingerprint density at radius 1 is 1.39 bits per heavy atom. The highest BCUT2D eigenvalue weighted by Gasteiger charge is 2.03. The zero-order valence-electron chi connectivity index (χ0n) is 11.0. The maximum absolute atomic E-state index is 5.70. The van der Waals surface area contributed by atoms with E-state index in [0.29, 0.717) is 0 Å². The van der Waals surface area contributed by atoms with Crippen LogP contribution in [-0.2, 0) is 6.42 Å². The molecule has 0 radical (unpaired) electrons. The molecule has 2 aromatic rings. The van der Waals surface area contributed by atoms with Crippen molar-refractivity contribution in [2.45, 2.75) is 19.4 Å². The van der Waals surface area contributed by atoms with E-state index in [9.17, 15) is 0 Å². The molecule has 0 bridgehead atoms. The van der Waals surface area contributed by atoms with E-state index in [-0.39, 0.29) is 6.04 Å². The van der Waals surface area contributed by atoms with Gasteiger partial charge in [0.15, 0.2) is 0 Å². The van der Waals surface area contributed by atoms with Crippen molar-refractivity contribution < 1.29 is 4.74 Å². The average Bonchev–Trinajstić information content (AvgIpc) is 2.76. The Labute approximate surface area is 108 Å². The summed E-state index contributed by atoms with van der Waals surface area (Å²) in [5.74, 6) is 0.894. The Morgan fingerprint density at radius 3 is 2.89 bits per heavy atom. The van der Waals surface area contributed by atoms with Crippen molar-refractivity contribution in [1.29, 1.82) is 0 Å². The summed E-state index contributed by atoms with van der Waals surface area (Å²) in [6, 6.07) is 6.39. The van der Waals surface area contributed by atoms with Crippen LogP contribution in [0.1, 0.15) is 12.5 Å². The minimum atomic E-state index is 0.205. The molecule has 4 nitrogen and oxygen atoms in total. The van der Waals surface area contributed by atoms with E-state index in [4.69, 9.17) is 10.5 Å². The first-order valence-corrected chi connectivity index (χ1v) is 6.30. The summed E-state index contributed by atoms with van der Waals surface area (Å²) in [5.41, 5.74) is 8.23. The van der Waals surface area contributed by atoms with Gasteiger partial charge >= 0.3 is 0 Å². The molecular formula is C14H21N3O. The van der Waals surface area contributed by atoms with Crippen molar-refractivity contribution in [3.05, 3.63) is 36.2 Å². The van der Waals surface area contributed by atoms with Gasteiger partial charge in [-0.2, -0.15) is 0 Å². The second-order valence-electron chi connectivity index (χ2n) is 4.63. The summed E-state index contributed by atoms with van der Waals surface area (Å²) >= 11 is 0. The standard InChI is InChI=1S/C14H21N3O/c1-11(15)10-16-6-3-12-4-7-17-8-5-13(18-2)9-14(12)17/h4-5,7-9,11,16H,3,6,10,15H2,1-2H3/t11-/m0/s1. The van der Waals surface area contributed by atoms with Gasteiger partial charge in [-0.3, -0.25) is 0 Å². The highest BCUT2D eigenvalue weighted by molar-refractivity contribution is 5.58. The number of nitrogens with one attached hydrogen (secondary N) is 1.